The van der Waals surface area contributed by atoms with Gasteiger partial charge in [-0.2, -0.15) is 0 Å². The summed E-state index contributed by atoms with van der Waals surface area (Å²) in [5.74, 6) is 1.03. The molecule has 1 atom stereocenters. The van der Waals surface area contributed by atoms with Crippen LogP contribution in [0.2, 0.25) is 18.1 Å². The lowest BCUT2D eigenvalue weighted by Crippen LogP contribution is -2.44. The van der Waals surface area contributed by atoms with Crippen molar-refractivity contribution in [3.05, 3.63) is 83.6 Å². The number of esters is 1. The van der Waals surface area contributed by atoms with Gasteiger partial charge in [-0.3, -0.25) is 0 Å². The van der Waals surface area contributed by atoms with Crippen LogP contribution in [0.4, 0.5) is 0 Å². The minimum absolute atomic E-state index is 0.0962. The molecule has 0 saturated heterocycles. The summed E-state index contributed by atoms with van der Waals surface area (Å²) in [4.78, 5) is 12.2. The fourth-order valence-electron chi connectivity index (χ4n) is 2.87. The number of ether oxygens (including phenoxy) is 1. The highest BCUT2D eigenvalue weighted by molar-refractivity contribution is 6.74. The van der Waals surface area contributed by atoms with Gasteiger partial charge in [0.2, 0.25) is 0 Å². The highest BCUT2D eigenvalue weighted by atomic mass is 28.4. The maximum atomic E-state index is 12.2. The Morgan fingerprint density at radius 2 is 1.62 bits per heavy atom. The van der Waals surface area contributed by atoms with Crippen molar-refractivity contribution < 1.29 is 14.0 Å². The van der Waals surface area contributed by atoms with Crippen molar-refractivity contribution in [3.63, 3.8) is 0 Å². The first-order valence-electron chi connectivity index (χ1n) is 11.3. The van der Waals surface area contributed by atoms with Crippen LogP contribution in [0, 0.1) is 0 Å². The van der Waals surface area contributed by atoms with Gasteiger partial charge in [-0.05, 0) is 53.4 Å². The van der Waals surface area contributed by atoms with E-state index < -0.39 is 14.3 Å². The maximum Gasteiger partial charge on any atom is 0.335 e. The largest absolute Gasteiger partial charge is 0.543 e. The molecule has 0 bridgehead atoms. The summed E-state index contributed by atoms with van der Waals surface area (Å²) in [5.41, 5.74) is 3.38. The van der Waals surface area contributed by atoms with Gasteiger partial charge in [-0.1, -0.05) is 84.0 Å². The second kappa shape index (κ2) is 10.8. The Labute approximate surface area is 195 Å². The monoisotopic (exact) mass is 450 g/mol. The smallest absolute Gasteiger partial charge is 0.335 e. The van der Waals surface area contributed by atoms with Gasteiger partial charge in [0.05, 0.1) is 6.26 Å². The fourth-order valence-corrected chi connectivity index (χ4v) is 3.91. The van der Waals surface area contributed by atoms with E-state index in [-0.39, 0.29) is 11.0 Å². The molecular weight excluding hydrogens is 412 g/mol. The average Bonchev–Trinajstić information content (AvgIpc) is 2.72. The van der Waals surface area contributed by atoms with Crippen molar-refractivity contribution in [2.45, 2.75) is 71.5 Å². The van der Waals surface area contributed by atoms with Gasteiger partial charge in [0.15, 0.2) is 0 Å². The molecule has 172 valence electrons. The average molecular weight is 451 g/mol. The molecule has 1 unspecified atom stereocenters. The minimum atomic E-state index is -1.97. The van der Waals surface area contributed by atoms with E-state index in [1.807, 2.05) is 30.3 Å². The molecule has 0 aliphatic rings. The third-order valence-corrected chi connectivity index (χ3v) is 10.5. The zero-order chi connectivity index (χ0) is 23.9. The minimum Gasteiger partial charge on any atom is -0.543 e. The molecule has 2 aromatic carbocycles. The standard InChI is InChI=1S/C28H38O3Si/c1-21(2)24-13-11-14-25(20-24)22(3)18-19-30-27(29)17-16-23-12-9-10-15-26(23)31-32(7,8)28(4,5)6/h9-22H,1-8H3. The molecule has 0 N–H and O–H groups in total. The van der Waals surface area contributed by atoms with Crippen LogP contribution < -0.4 is 4.43 Å². The summed E-state index contributed by atoms with van der Waals surface area (Å²) in [6.07, 6.45) is 6.59. The quantitative estimate of drug-likeness (QED) is 0.176. The van der Waals surface area contributed by atoms with Crippen molar-refractivity contribution in [1.82, 2.24) is 0 Å². The van der Waals surface area contributed by atoms with E-state index in [1.54, 1.807) is 6.08 Å². The molecule has 0 amide bonds. The first-order chi connectivity index (χ1) is 14.9. The van der Waals surface area contributed by atoms with Gasteiger partial charge < -0.3 is 9.16 Å². The third-order valence-electron chi connectivity index (χ3n) is 6.14. The van der Waals surface area contributed by atoms with Crippen LogP contribution in [0.3, 0.4) is 0 Å². The number of para-hydroxylation sites is 1. The molecule has 0 radical (unpaired) electrons. The molecule has 0 aliphatic carbocycles. The lowest BCUT2D eigenvalue weighted by atomic mass is 9.95. The molecular formula is C28H38O3Si. The molecule has 32 heavy (non-hydrogen) atoms. The molecule has 0 heterocycles. The van der Waals surface area contributed by atoms with Crippen LogP contribution in [0.15, 0.2) is 66.9 Å². The van der Waals surface area contributed by atoms with Crippen LogP contribution in [-0.2, 0) is 9.53 Å². The first kappa shape index (κ1) is 25.7. The van der Waals surface area contributed by atoms with Gasteiger partial charge in [-0.25, -0.2) is 4.79 Å². The second-order valence-corrected chi connectivity index (χ2v) is 14.8. The molecule has 4 heteroatoms. The van der Waals surface area contributed by atoms with Crippen molar-refractivity contribution in [1.29, 1.82) is 0 Å². The van der Waals surface area contributed by atoms with Crippen LogP contribution in [0.25, 0.3) is 6.08 Å². The zero-order valence-electron chi connectivity index (χ0n) is 20.8. The number of benzene rings is 2. The van der Waals surface area contributed by atoms with E-state index in [0.29, 0.717) is 5.92 Å². The van der Waals surface area contributed by atoms with Crippen molar-refractivity contribution in [3.8, 4) is 5.75 Å². The number of carbonyl (C=O) groups is 1. The highest BCUT2D eigenvalue weighted by Gasteiger charge is 2.39. The highest BCUT2D eigenvalue weighted by Crippen LogP contribution is 2.38. The van der Waals surface area contributed by atoms with E-state index in [9.17, 15) is 4.79 Å². The van der Waals surface area contributed by atoms with Gasteiger partial charge in [0, 0.05) is 17.6 Å². The molecule has 2 rings (SSSR count). The van der Waals surface area contributed by atoms with E-state index in [0.717, 1.165) is 11.3 Å². The van der Waals surface area contributed by atoms with E-state index in [1.165, 1.54) is 23.5 Å². The Morgan fingerprint density at radius 1 is 0.969 bits per heavy atom. The fraction of sp³-hybridized carbons (Fsp3) is 0.393. The Hall–Kier alpha value is -2.59. The lowest BCUT2D eigenvalue weighted by Gasteiger charge is -2.36. The Balaban J connectivity index is 2.02. The van der Waals surface area contributed by atoms with Crippen LogP contribution in [0.5, 0.6) is 5.75 Å². The van der Waals surface area contributed by atoms with Crippen LogP contribution in [0.1, 0.15) is 70.1 Å². The van der Waals surface area contributed by atoms with Crippen molar-refractivity contribution in [2.24, 2.45) is 0 Å². The summed E-state index contributed by atoms with van der Waals surface area (Å²) in [7, 11) is -1.97. The molecule has 0 fully saturated rings. The lowest BCUT2D eigenvalue weighted by molar-refractivity contribution is -0.132. The Bertz CT molecular complexity index is 965. The summed E-state index contributed by atoms with van der Waals surface area (Å²) in [6.45, 7) is 17.5. The van der Waals surface area contributed by atoms with Crippen molar-refractivity contribution >= 4 is 20.4 Å². The predicted molar refractivity (Wildman–Crippen MR) is 137 cm³/mol. The molecule has 0 aromatic heterocycles. The summed E-state index contributed by atoms with van der Waals surface area (Å²) in [5, 5.41) is 0.0962. The van der Waals surface area contributed by atoms with Gasteiger partial charge in [-0.15, -0.1) is 0 Å². The summed E-state index contributed by atoms with van der Waals surface area (Å²) in [6, 6.07) is 16.3. The van der Waals surface area contributed by atoms with Gasteiger partial charge in [0.1, 0.15) is 5.75 Å². The molecule has 2 aromatic rings. The number of hydrogen-bond acceptors (Lipinski definition) is 3. The van der Waals surface area contributed by atoms with E-state index >= 15 is 0 Å². The number of carbonyl (C=O) groups excluding carboxylic acids is 1. The molecule has 0 aliphatic heterocycles. The SMILES string of the molecule is CC(C)c1cccc(C(C)C=COC(=O)C=Cc2ccccc2O[Si](C)(C)C(C)(C)C)c1. The topological polar surface area (TPSA) is 35.5 Å². The van der Waals surface area contributed by atoms with E-state index in [2.05, 4.69) is 78.9 Å². The molecule has 0 saturated carbocycles. The molecule has 0 spiro atoms. The van der Waals surface area contributed by atoms with Crippen molar-refractivity contribution in [2.75, 3.05) is 0 Å². The van der Waals surface area contributed by atoms with Crippen LogP contribution in [-0.4, -0.2) is 14.3 Å². The normalized spacial score (nSPS) is 13.7. The summed E-state index contributed by atoms with van der Waals surface area (Å²) < 4.78 is 11.7. The number of rotatable bonds is 8. The van der Waals surface area contributed by atoms with Gasteiger partial charge in [0.25, 0.3) is 8.32 Å². The van der Waals surface area contributed by atoms with Gasteiger partial charge >= 0.3 is 5.97 Å². The second-order valence-electron chi connectivity index (χ2n) is 10.1. The van der Waals surface area contributed by atoms with Crippen LogP contribution >= 0.6 is 0 Å². The Kier molecular flexibility index (Phi) is 8.68. The number of hydrogen-bond donors (Lipinski definition) is 0. The first-order valence-corrected chi connectivity index (χ1v) is 14.2. The Morgan fingerprint density at radius 3 is 2.28 bits per heavy atom. The predicted octanol–water partition coefficient (Wildman–Crippen LogP) is 8.07. The van der Waals surface area contributed by atoms with E-state index in [4.69, 9.17) is 9.16 Å². The third kappa shape index (κ3) is 7.23. The number of allylic oxidation sites excluding steroid dienone is 1. The molecule has 3 nitrogen and oxygen atoms in total. The maximum absolute atomic E-state index is 12.2. The zero-order valence-corrected chi connectivity index (χ0v) is 21.8. The summed E-state index contributed by atoms with van der Waals surface area (Å²) >= 11 is 0.